The molecule has 3 aromatic rings. The molecule has 4 nitrogen and oxygen atoms in total. The topological polar surface area (TPSA) is 39.9 Å². The molecular weight excluding hydrogens is 377 g/mol. The van der Waals surface area contributed by atoms with Crippen LogP contribution < -0.4 is 4.74 Å². The van der Waals surface area contributed by atoms with Gasteiger partial charge < -0.3 is 4.74 Å². The quantitative estimate of drug-likeness (QED) is 0.636. The minimum atomic E-state index is 0.409. The lowest BCUT2D eigenvalue weighted by Gasteiger charge is -2.05. The van der Waals surface area contributed by atoms with E-state index in [1.54, 1.807) is 4.68 Å². The van der Waals surface area contributed by atoms with Gasteiger partial charge in [-0.25, -0.2) is 4.68 Å². The highest BCUT2D eigenvalue weighted by Crippen LogP contribution is 2.20. The Balaban J connectivity index is 1.71. The highest BCUT2D eigenvalue weighted by atomic mass is 127. The van der Waals surface area contributed by atoms with E-state index in [4.69, 9.17) is 4.74 Å². The Bertz CT molecular complexity index is 737. The zero-order chi connectivity index (χ0) is 14.7. The van der Waals surface area contributed by atoms with Crippen LogP contribution in [-0.2, 0) is 6.61 Å². The van der Waals surface area contributed by atoms with Crippen molar-refractivity contribution in [1.82, 2.24) is 15.0 Å². The monoisotopic (exact) mass is 391 g/mol. The Morgan fingerprint density at radius 3 is 2.62 bits per heavy atom. The van der Waals surface area contributed by atoms with Crippen LogP contribution in [0.5, 0.6) is 5.75 Å². The molecule has 0 fully saturated rings. The van der Waals surface area contributed by atoms with Gasteiger partial charge in [-0.1, -0.05) is 35.0 Å². The van der Waals surface area contributed by atoms with Crippen molar-refractivity contribution in [2.45, 2.75) is 13.5 Å². The molecular formula is C16H14IN3O. The van der Waals surface area contributed by atoms with Crippen LogP contribution in [0.1, 0.15) is 11.3 Å². The fourth-order valence-electron chi connectivity index (χ4n) is 1.90. The van der Waals surface area contributed by atoms with Crippen LogP contribution in [0.15, 0.2) is 54.7 Å². The zero-order valence-electron chi connectivity index (χ0n) is 11.5. The number of rotatable bonds is 4. The summed E-state index contributed by atoms with van der Waals surface area (Å²) in [6.07, 6.45) is 1.89. The summed E-state index contributed by atoms with van der Waals surface area (Å²) < 4.78 is 8.61. The van der Waals surface area contributed by atoms with Crippen LogP contribution in [0, 0.1) is 10.5 Å². The molecule has 0 bridgehead atoms. The van der Waals surface area contributed by atoms with Gasteiger partial charge in [-0.05, 0) is 53.8 Å². The molecule has 0 atom stereocenters. The first-order valence-electron chi connectivity index (χ1n) is 6.58. The van der Waals surface area contributed by atoms with Crippen molar-refractivity contribution < 1.29 is 4.74 Å². The largest absolute Gasteiger partial charge is 0.486 e. The number of para-hydroxylation sites is 1. The number of hydrogen-bond donors (Lipinski definition) is 0. The van der Waals surface area contributed by atoms with Crippen LogP contribution in [0.2, 0.25) is 0 Å². The number of ether oxygens (including phenoxy) is 1. The molecule has 3 rings (SSSR count). The van der Waals surface area contributed by atoms with E-state index in [0.717, 1.165) is 20.7 Å². The summed E-state index contributed by atoms with van der Waals surface area (Å²) in [5.74, 6) is 0.864. The van der Waals surface area contributed by atoms with E-state index in [1.165, 1.54) is 5.56 Å². The maximum absolute atomic E-state index is 5.77. The third-order valence-electron chi connectivity index (χ3n) is 3.05. The molecule has 0 radical (unpaired) electrons. The van der Waals surface area contributed by atoms with Gasteiger partial charge in [0.25, 0.3) is 0 Å². The van der Waals surface area contributed by atoms with Gasteiger partial charge in [-0.2, -0.15) is 0 Å². The minimum absolute atomic E-state index is 0.409. The fourth-order valence-corrected chi connectivity index (χ4v) is 2.44. The van der Waals surface area contributed by atoms with Gasteiger partial charge in [0, 0.05) is 0 Å². The van der Waals surface area contributed by atoms with Gasteiger partial charge >= 0.3 is 0 Å². The molecule has 0 aliphatic carbocycles. The first-order chi connectivity index (χ1) is 10.2. The van der Waals surface area contributed by atoms with Crippen molar-refractivity contribution in [3.63, 3.8) is 0 Å². The van der Waals surface area contributed by atoms with E-state index in [1.807, 2.05) is 42.6 Å². The minimum Gasteiger partial charge on any atom is -0.486 e. The molecule has 0 aliphatic heterocycles. The second-order valence-electron chi connectivity index (χ2n) is 4.71. The summed E-state index contributed by atoms with van der Waals surface area (Å²) >= 11 is 2.25. The number of nitrogens with zero attached hydrogens (tertiary/aromatic N) is 3. The average Bonchev–Trinajstić information content (AvgIpc) is 2.96. The van der Waals surface area contributed by atoms with Gasteiger partial charge in [-0.15, -0.1) is 5.10 Å². The van der Waals surface area contributed by atoms with Crippen molar-refractivity contribution in [3.05, 3.63) is 69.6 Å². The summed E-state index contributed by atoms with van der Waals surface area (Å²) in [5.41, 5.74) is 3.02. The maximum atomic E-state index is 5.77. The van der Waals surface area contributed by atoms with E-state index in [-0.39, 0.29) is 0 Å². The van der Waals surface area contributed by atoms with Gasteiger partial charge in [-0.3, -0.25) is 0 Å². The predicted octanol–water partition coefficient (Wildman–Crippen LogP) is 3.76. The van der Waals surface area contributed by atoms with Gasteiger partial charge in [0.05, 0.1) is 15.5 Å². The zero-order valence-corrected chi connectivity index (χ0v) is 13.7. The molecule has 1 heterocycles. The Hall–Kier alpha value is -1.89. The fraction of sp³-hybridized carbons (Fsp3) is 0.125. The van der Waals surface area contributed by atoms with Crippen molar-refractivity contribution in [2.75, 3.05) is 0 Å². The highest BCUT2D eigenvalue weighted by molar-refractivity contribution is 14.1. The molecule has 0 saturated carbocycles. The Morgan fingerprint density at radius 2 is 1.86 bits per heavy atom. The normalized spacial score (nSPS) is 10.6. The maximum Gasteiger partial charge on any atom is 0.134 e. The van der Waals surface area contributed by atoms with Crippen LogP contribution in [0.25, 0.3) is 5.69 Å². The number of benzene rings is 2. The molecule has 1 aromatic heterocycles. The standard InChI is InChI=1S/C16H14IN3O/c1-12-6-8-14(9-7-12)20-10-13(18-19-20)11-21-16-5-3-2-4-15(16)17/h2-10H,11H2,1H3. The molecule has 0 aliphatic rings. The average molecular weight is 391 g/mol. The first-order valence-corrected chi connectivity index (χ1v) is 7.66. The van der Waals surface area contributed by atoms with Crippen LogP contribution in [-0.4, -0.2) is 15.0 Å². The van der Waals surface area contributed by atoms with Crippen LogP contribution in [0.4, 0.5) is 0 Å². The third-order valence-corrected chi connectivity index (χ3v) is 3.94. The molecule has 0 unspecified atom stereocenters. The highest BCUT2D eigenvalue weighted by Gasteiger charge is 2.05. The smallest absolute Gasteiger partial charge is 0.134 e. The first kappa shape index (κ1) is 14.1. The Kier molecular flexibility index (Phi) is 4.19. The Labute approximate surface area is 136 Å². The molecule has 0 spiro atoms. The summed E-state index contributed by atoms with van der Waals surface area (Å²) in [6.45, 7) is 2.47. The molecule has 5 heteroatoms. The lowest BCUT2D eigenvalue weighted by Crippen LogP contribution is -1.97. The summed E-state index contributed by atoms with van der Waals surface area (Å²) in [6, 6.07) is 16.1. The molecule has 0 saturated heterocycles. The molecule has 106 valence electrons. The van der Waals surface area contributed by atoms with Crippen molar-refractivity contribution >= 4 is 22.6 Å². The lowest BCUT2D eigenvalue weighted by atomic mass is 10.2. The Morgan fingerprint density at radius 1 is 1.10 bits per heavy atom. The van der Waals surface area contributed by atoms with Crippen molar-refractivity contribution in [3.8, 4) is 11.4 Å². The van der Waals surface area contributed by atoms with E-state index in [2.05, 4.69) is 52.0 Å². The van der Waals surface area contributed by atoms with Crippen molar-refractivity contribution in [2.24, 2.45) is 0 Å². The van der Waals surface area contributed by atoms with E-state index < -0.39 is 0 Å². The molecule has 2 aromatic carbocycles. The second-order valence-corrected chi connectivity index (χ2v) is 5.87. The van der Waals surface area contributed by atoms with E-state index in [9.17, 15) is 0 Å². The lowest BCUT2D eigenvalue weighted by molar-refractivity contribution is 0.299. The van der Waals surface area contributed by atoms with E-state index in [0.29, 0.717) is 6.61 Å². The number of halogens is 1. The predicted molar refractivity (Wildman–Crippen MR) is 89.6 cm³/mol. The second kappa shape index (κ2) is 6.26. The van der Waals surface area contributed by atoms with Gasteiger partial charge in [0.15, 0.2) is 0 Å². The number of hydrogen-bond acceptors (Lipinski definition) is 3. The summed E-state index contributed by atoms with van der Waals surface area (Å²) in [4.78, 5) is 0. The SMILES string of the molecule is Cc1ccc(-n2cc(COc3ccccc3I)nn2)cc1. The van der Waals surface area contributed by atoms with Crippen molar-refractivity contribution in [1.29, 1.82) is 0 Å². The summed E-state index contributed by atoms with van der Waals surface area (Å²) in [5, 5.41) is 8.28. The molecule has 0 N–H and O–H groups in total. The molecule has 0 amide bonds. The molecule has 21 heavy (non-hydrogen) atoms. The van der Waals surface area contributed by atoms with Crippen LogP contribution in [0.3, 0.4) is 0 Å². The van der Waals surface area contributed by atoms with Crippen LogP contribution >= 0.6 is 22.6 Å². The third kappa shape index (κ3) is 3.41. The number of aromatic nitrogens is 3. The van der Waals surface area contributed by atoms with Gasteiger partial charge in [0.1, 0.15) is 18.1 Å². The summed E-state index contributed by atoms with van der Waals surface area (Å²) in [7, 11) is 0. The number of aryl methyl sites for hydroxylation is 1. The van der Waals surface area contributed by atoms with Gasteiger partial charge in [0.2, 0.25) is 0 Å². The van der Waals surface area contributed by atoms with E-state index >= 15 is 0 Å².